The molecule has 1 aromatic heterocycles. The number of benzene rings is 1. The molecule has 3 aliphatic rings. The lowest BCUT2D eigenvalue weighted by atomic mass is 10.0. The third-order valence-corrected chi connectivity index (χ3v) is 6.76. The van der Waals surface area contributed by atoms with Crippen molar-refractivity contribution >= 4 is 5.82 Å². The van der Waals surface area contributed by atoms with Crippen LogP contribution in [0.1, 0.15) is 42.5 Å². The van der Waals surface area contributed by atoms with Crippen LogP contribution in [0, 0.1) is 0 Å². The minimum Gasteiger partial charge on any atom is -0.354 e. The van der Waals surface area contributed by atoms with Gasteiger partial charge in [0.1, 0.15) is 12.1 Å². The highest BCUT2D eigenvalue weighted by atomic mass is 15.3. The van der Waals surface area contributed by atoms with Gasteiger partial charge in [-0.15, -0.1) is 0 Å². The van der Waals surface area contributed by atoms with E-state index >= 15 is 0 Å². The Morgan fingerprint density at radius 1 is 0.893 bits per heavy atom. The van der Waals surface area contributed by atoms with Gasteiger partial charge in [0, 0.05) is 63.8 Å². The van der Waals surface area contributed by atoms with Crippen LogP contribution in [-0.2, 0) is 19.5 Å². The highest BCUT2D eigenvalue weighted by Crippen LogP contribution is 2.29. The number of fused-ring (bicyclic) bond motifs is 1. The van der Waals surface area contributed by atoms with Gasteiger partial charge in [0.05, 0.1) is 5.69 Å². The van der Waals surface area contributed by atoms with Gasteiger partial charge in [0.2, 0.25) is 0 Å². The Bertz CT molecular complexity index is 779. The van der Waals surface area contributed by atoms with E-state index in [1.54, 1.807) is 6.33 Å². The van der Waals surface area contributed by atoms with Crippen molar-refractivity contribution in [2.75, 3.05) is 37.6 Å². The van der Waals surface area contributed by atoms with E-state index in [1.165, 1.54) is 61.4 Å². The summed E-state index contributed by atoms with van der Waals surface area (Å²) in [7, 11) is 0. The van der Waals surface area contributed by atoms with Crippen LogP contribution in [-0.4, -0.2) is 58.5 Å². The molecule has 5 rings (SSSR count). The Kier molecular flexibility index (Phi) is 5.28. The Morgan fingerprint density at radius 3 is 2.46 bits per heavy atom. The van der Waals surface area contributed by atoms with Crippen molar-refractivity contribution in [3.63, 3.8) is 0 Å². The maximum Gasteiger partial charge on any atom is 0.136 e. The smallest absolute Gasteiger partial charge is 0.136 e. The highest BCUT2D eigenvalue weighted by molar-refractivity contribution is 5.50. The van der Waals surface area contributed by atoms with Crippen LogP contribution in [0.3, 0.4) is 0 Å². The number of hydrogen-bond acceptors (Lipinski definition) is 5. The summed E-state index contributed by atoms with van der Waals surface area (Å²) in [5.74, 6) is 1.19. The van der Waals surface area contributed by atoms with Gasteiger partial charge in [-0.3, -0.25) is 9.80 Å². The Hall–Kier alpha value is -1.98. The topological polar surface area (TPSA) is 35.5 Å². The average Bonchev–Trinajstić information content (AvgIpc) is 3.29. The van der Waals surface area contributed by atoms with Crippen molar-refractivity contribution in [2.24, 2.45) is 0 Å². The monoisotopic (exact) mass is 377 g/mol. The van der Waals surface area contributed by atoms with E-state index in [4.69, 9.17) is 4.98 Å². The van der Waals surface area contributed by atoms with Crippen molar-refractivity contribution < 1.29 is 0 Å². The first-order chi connectivity index (χ1) is 13.9. The number of hydrogen-bond donors (Lipinski definition) is 0. The van der Waals surface area contributed by atoms with Crippen LogP contribution in [0.5, 0.6) is 0 Å². The molecule has 0 amide bonds. The fourth-order valence-corrected chi connectivity index (χ4v) is 5.20. The fourth-order valence-electron chi connectivity index (χ4n) is 5.20. The Labute approximate surface area is 168 Å². The quantitative estimate of drug-likeness (QED) is 0.818. The Morgan fingerprint density at radius 2 is 1.68 bits per heavy atom. The summed E-state index contributed by atoms with van der Waals surface area (Å²) < 4.78 is 0. The lowest BCUT2D eigenvalue weighted by Gasteiger charge is -2.40. The fraction of sp³-hybridized carbons (Fsp3) is 0.565. The number of anilines is 1. The first kappa shape index (κ1) is 18.1. The van der Waals surface area contributed by atoms with Crippen LogP contribution >= 0.6 is 0 Å². The molecular formula is C23H31N5. The average molecular weight is 378 g/mol. The predicted molar refractivity (Wildman–Crippen MR) is 112 cm³/mol. The summed E-state index contributed by atoms with van der Waals surface area (Å²) in [6, 6.07) is 11.6. The molecule has 0 atom stereocenters. The molecule has 2 aromatic rings. The lowest BCUT2D eigenvalue weighted by Crippen LogP contribution is -2.50. The zero-order chi connectivity index (χ0) is 18.8. The van der Waals surface area contributed by atoms with Gasteiger partial charge in [-0.05, 0) is 18.4 Å². The zero-order valence-electron chi connectivity index (χ0n) is 16.8. The van der Waals surface area contributed by atoms with Crippen molar-refractivity contribution in [2.45, 2.75) is 51.2 Å². The van der Waals surface area contributed by atoms with Crippen LogP contribution in [0.25, 0.3) is 0 Å². The van der Waals surface area contributed by atoms with Gasteiger partial charge in [0.15, 0.2) is 0 Å². The third-order valence-electron chi connectivity index (χ3n) is 6.76. The van der Waals surface area contributed by atoms with Crippen LogP contribution in [0.15, 0.2) is 36.7 Å². The molecule has 1 saturated heterocycles. The lowest BCUT2D eigenvalue weighted by molar-refractivity contribution is 0.186. The largest absolute Gasteiger partial charge is 0.354 e. The maximum atomic E-state index is 4.75. The molecule has 148 valence electrons. The zero-order valence-corrected chi connectivity index (χ0v) is 16.8. The van der Waals surface area contributed by atoms with Crippen LogP contribution in [0.2, 0.25) is 0 Å². The van der Waals surface area contributed by atoms with E-state index in [0.29, 0.717) is 0 Å². The molecule has 2 aliphatic heterocycles. The van der Waals surface area contributed by atoms with Crippen molar-refractivity contribution in [1.82, 2.24) is 19.8 Å². The molecule has 2 fully saturated rings. The first-order valence-corrected chi connectivity index (χ1v) is 10.9. The van der Waals surface area contributed by atoms with Gasteiger partial charge in [-0.2, -0.15) is 0 Å². The molecule has 5 nitrogen and oxygen atoms in total. The summed E-state index contributed by atoms with van der Waals surface area (Å²) >= 11 is 0. The first-order valence-electron chi connectivity index (χ1n) is 10.9. The molecule has 5 heteroatoms. The highest BCUT2D eigenvalue weighted by Gasteiger charge is 2.29. The van der Waals surface area contributed by atoms with E-state index < -0.39 is 0 Å². The van der Waals surface area contributed by atoms with Gasteiger partial charge in [-0.25, -0.2) is 9.97 Å². The summed E-state index contributed by atoms with van der Waals surface area (Å²) in [6.45, 7) is 7.59. The van der Waals surface area contributed by atoms with Gasteiger partial charge in [-0.1, -0.05) is 43.2 Å². The molecule has 0 radical (unpaired) electrons. The van der Waals surface area contributed by atoms with E-state index in [9.17, 15) is 0 Å². The maximum absolute atomic E-state index is 4.75. The van der Waals surface area contributed by atoms with E-state index in [-0.39, 0.29) is 0 Å². The van der Waals surface area contributed by atoms with Crippen LogP contribution < -0.4 is 4.90 Å². The predicted octanol–water partition coefficient (Wildman–Crippen LogP) is 3.10. The minimum atomic E-state index is 0.836. The van der Waals surface area contributed by atoms with Crippen molar-refractivity contribution in [3.8, 4) is 0 Å². The Balaban J connectivity index is 1.28. The molecule has 0 unspecified atom stereocenters. The summed E-state index contributed by atoms with van der Waals surface area (Å²) in [6.07, 6.45) is 8.45. The molecule has 0 bridgehead atoms. The molecule has 1 aliphatic carbocycles. The van der Waals surface area contributed by atoms with Gasteiger partial charge >= 0.3 is 0 Å². The summed E-state index contributed by atoms with van der Waals surface area (Å²) in [5, 5.41) is 0. The van der Waals surface area contributed by atoms with Gasteiger partial charge in [0.25, 0.3) is 0 Å². The molecule has 3 heterocycles. The van der Waals surface area contributed by atoms with Crippen molar-refractivity contribution in [1.29, 1.82) is 0 Å². The van der Waals surface area contributed by atoms with Gasteiger partial charge < -0.3 is 4.90 Å². The standard InChI is InChI=1S/C23H31N5/c1-2-6-19(7-3-1)16-26-11-10-22-21(17-26)23(25-18-24-22)28-14-12-27(13-15-28)20-8-4-5-9-20/h1-3,6-7,18,20H,4-5,8-17H2. The second-order valence-corrected chi connectivity index (χ2v) is 8.53. The normalized spacial score (nSPS) is 21.8. The van der Waals surface area contributed by atoms with E-state index in [0.717, 1.165) is 45.2 Å². The minimum absolute atomic E-state index is 0.836. The number of nitrogens with zero attached hydrogens (tertiary/aromatic N) is 5. The molecule has 0 N–H and O–H groups in total. The second kappa shape index (κ2) is 8.18. The van der Waals surface area contributed by atoms with E-state index in [2.05, 4.69) is 50.0 Å². The molecule has 1 aromatic carbocycles. The number of aromatic nitrogens is 2. The van der Waals surface area contributed by atoms with Crippen molar-refractivity contribution in [3.05, 3.63) is 53.5 Å². The summed E-state index contributed by atoms with van der Waals surface area (Å²) in [5.41, 5.74) is 4.00. The SMILES string of the molecule is c1ccc(CN2CCc3ncnc(N4CCN(C5CCCC5)CC4)c3C2)cc1. The second-order valence-electron chi connectivity index (χ2n) is 8.53. The number of piperazine rings is 1. The molecular weight excluding hydrogens is 346 g/mol. The third kappa shape index (κ3) is 3.78. The number of rotatable bonds is 4. The molecule has 0 spiro atoms. The van der Waals surface area contributed by atoms with Crippen LogP contribution in [0.4, 0.5) is 5.82 Å². The summed E-state index contributed by atoms with van der Waals surface area (Å²) in [4.78, 5) is 17.1. The van der Waals surface area contributed by atoms with E-state index in [1.807, 2.05) is 0 Å². The molecule has 1 saturated carbocycles. The molecule has 28 heavy (non-hydrogen) atoms.